The Hall–Kier alpha value is -2.09. The summed E-state index contributed by atoms with van der Waals surface area (Å²) in [7, 11) is 0. The molecule has 110 valence electrons. The Morgan fingerprint density at radius 2 is 1.57 bits per heavy atom. The minimum Gasteiger partial charge on any atom is -0.326 e. The van der Waals surface area contributed by atoms with Crippen LogP contribution in [0.4, 0.5) is 5.69 Å². The summed E-state index contributed by atoms with van der Waals surface area (Å²) in [5.41, 5.74) is 3.92. The van der Waals surface area contributed by atoms with Crippen LogP contribution >= 0.6 is 0 Å². The average molecular weight is 281 g/mol. The third kappa shape index (κ3) is 4.19. The molecule has 2 aromatic carbocycles. The number of aryl methyl sites for hydroxylation is 2. The molecule has 0 unspecified atom stereocenters. The van der Waals surface area contributed by atoms with Crippen LogP contribution in [0.5, 0.6) is 0 Å². The van der Waals surface area contributed by atoms with E-state index in [1.165, 1.54) is 5.56 Å². The molecule has 2 heteroatoms. The van der Waals surface area contributed by atoms with Crippen LogP contribution in [-0.2, 0) is 11.2 Å². The lowest BCUT2D eigenvalue weighted by Gasteiger charge is -2.24. The second-order valence-electron chi connectivity index (χ2n) is 6.38. The average Bonchev–Trinajstić information content (AvgIpc) is 2.38. The van der Waals surface area contributed by atoms with Crippen molar-refractivity contribution in [1.82, 2.24) is 0 Å². The first kappa shape index (κ1) is 15.3. The SMILES string of the molecule is Cc1cc(C)cc(NC(=O)C(C)(C)Cc2ccccc2)c1. The smallest absolute Gasteiger partial charge is 0.230 e. The van der Waals surface area contributed by atoms with Gasteiger partial charge in [0.25, 0.3) is 0 Å². The first-order valence-corrected chi connectivity index (χ1v) is 7.30. The third-order valence-corrected chi connectivity index (χ3v) is 3.58. The summed E-state index contributed by atoms with van der Waals surface area (Å²) in [5.74, 6) is 0.0522. The second kappa shape index (κ2) is 6.13. The van der Waals surface area contributed by atoms with Crippen molar-refractivity contribution in [3.8, 4) is 0 Å². The molecule has 1 amide bonds. The Morgan fingerprint density at radius 1 is 1.00 bits per heavy atom. The van der Waals surface area contributed by atoms with Crippen molar-refractivity contribution < 1.29 is 4.79 Å². The molecule has 0 aromatic heterocycles. The summed E-state index contributed by atoms with van der Waals surface area (Å²) in [4.78, 5) is 12.6. The van der Waals surface area contributed by atoms with Gasteiger partial charge in [0.05, 0.1) is 0 Å². The minimum atomic E-state index is -0.445. The molecule has 0 atom stereocenters. The number of anilines is 1. The fourth-order valence-electron chi connectivity index (χ4n) is 2.53. The molecule has 0 aliphatic heterocycles. The van der Waals surface area contributed by atoms with Crippen LogP contribution in [-0.4, -0.2) is 5.91 Å². The monoisotopic (exact) mass is 281 g/mol. The van der Waals surface area contributed by atoms with E-state index in [0.717, 1.165) is 23.2 Å². The molecule has 0 fully saturated rings. The molecule has 0 saturated carbocycles. The van der Waals surface area contributed by atoms with Gasteiger partial charge in [-0.2, -0.15) is 0 Å². The highest BCUT2D eigenvalue weighted by Crippen LogP contribution is 2.24. The van der Waals surface area contributed by atoms with Gasteiger partial charge in [-0.05, 0) is 49.1 Å². The van der Waals surface area contributed by atoms with Gasteiger partial charge in [-0.15, -0.1) is 0 Å². The normalized spacial score (nSPS) is 11.2. The first-order chi connectivity index (χ1) is 9.87. The van der Waals surface area contributed by atoms with E-state index in [1.54, 1.807) is 0 Å². The van der Waals surface area contributed by atoms with Crippen molar-refractivity contribution in [1.29, 1.82) is 0 Å². The molecule has 1 N–H and O–H groups in total. The molecule has 0 aliphatic rings. The van der Waals surface area contributed by atoms with E-state index in [2.05, 4.69) is 23.5 Å². The summed E-state index contributed by atoms with van der Waals surface area (Å²) in [6.45, 7) is 8.05. The minimum absolute atomic E-state index is 0.0522. The van der Waals surface area contributed by atoms with E-state index in [0.29, 0.717) is 0 Å². The maximum atomic E-state index is 12.6. The van der Waals surface area contributed by atoms with Crippen molar-refractivity contribution >= 4 is 11.6 Å². The third-order valence-electron chi connectivity index (χ3n) is 3.58. The Bertz CT molecular complexity index is 609. The number of rotatable bonds is 4. The van der Waals surface area contributed by atoms with E-state index in [-0.39, 0.29) is 5.91 Å². The maximum Gasteiger partial charge on any atom is 0.230 e. The lowest BCUT2D eigenvalue weighted by atomic mass is 9.84. The highest BCUT2D eigenvalue weighted by atomic mass is 16.2. The van der Waals surface area contributed by atoms with Crippen LogP contribution in [0.15, 0.2) is 48.5 Å². The summed E-state index contributed by atoms with van der Waals surface area (Å²) in [6, 6.07) is 16.2. The van der Waals surface area contributed by atoms with Crippen molar-refractivity contribution in [2.24, 2.45) is 5.41 Å². The molecule has 2 rings (SSSR count). The molecule has 2 aromatic rings. The van der Waals surface area contributed by atoms with Crippen LogP contribution in [0.1, 0.15) is 30.5 Å². The molecular weight excluding hydrogens is 258 g/mol. The molecule has 0 radical (unpaired) electrons. The maximum absolute atomic E-state index is 12.6. The zero-order chi connectivity index (χ0) is 15.5. The van der Waals surface area contributed by atoms with Gasteiger partial charge in [-0.1, -0.05) is 50.2 Å². The standard InChI is InChI=1S/C19H23NO/c1-14-10-15(2)12-17(11-14)20-18(21)19(3,4)13-16-8-6-5-7-9-16/h5-12H,13H2,1-4H3,(H,20,21). The molecule has 2 nitrogen and oxygen atoms in total. The lowest BCUT2D eigenvalue weighted by Crippen LogP contribution is -2.32. The van der Waals surface area contributed by atoms with Gasteiger partial charge in [-0.25, -0.2) is 0 Å². The first-order valence-electron chi connectivity index (χ1n) is 7.30. The van der Waals surface area contributed by atoms with Crippen LogP contribution in [0.25, 0.3) is 0 Å². The number of carbonyl (C=O) groups excluding carboxylic acids is 1. The van der Waals surface area contributed by atoms with Gasteiger partial charge in [-0.3, -0.25) is 4.79 Å². The van der Waals surface area contributed by atoms with Crippen LogP contribution in [0.3, 0.4) is 0 Å². The summed E-state index contributed by atoms with van der Waals surface area (Å²) >= 11 is 0. The van der Waals surface area contributed by atoms with E-state index in [1.807, 2.05) is 58.0 Å². The van der Waals surface area contributed by atoms with Crippen LogP contribution in [0, 0.1) is 19.3 Å². The van der Waals surface area contributed by atoms with E-state index >= 15 is 0 Å². The number of amides is 1. The quantitative estimate of drug-likeness (QED) is 0.877. The van der Waals surface area contributed by atoms with Gasteiger partial charge in [0.2, 0.25) is 5.91 Å². The molecule has 0 saturated heterocycles. The number of hydrogen-bond acceptors (Lipinski definition) is 1. The van der Waals surface area contributed by atoms with Gasteiger partial charge in [0.15, 0.2) is 0 Å². The fraction of sp³-hybridized carbons (Fsp3) is 0.316. The Labute approximate surface area is 127 Å². The predicted molar refractivity (Wildman–Crippen MR) is 88.5 cm³/mol. The summed E-state index contributed by atoms with van der Waals surface area (Å²) in [5, 5.41) is 3.05. The Kier molecular flexibility index (Phi) is 4.46. The van der Waals surface area contributed by atoms with Crippen molar-refractivity contribution in [2.75, 3.05) is 5.32 Å². The Balaban J connectivity index is 2.11. The second-order valence-corrected chi connectivity index (χ2v) is 6.38. The molecular formula is C19H23NO. The number of hydrogen-bond donors (Lipinski definition) is 1. The van der Waals surface area contributed by atoms with Crippen LogP contribution < -0.4 is 5.32 Å². The van der Waals surface area contributed by atoms with Gasteiger partial charge < -0.3 is 5.32 Å². The predicted octanol–water partition coefficient (Wildman–Crippen LogP) is 4.51. The summed E-state index contributed by atoms with van der Waals surface area (Å²) in [6.07, 6.45) is 0.727. The molecule has 0 heterocycles. The van der Waals surface area contributed by atoms with E-state index in [4.69, 9.17) is 0 Å². The van der Waals surface area contributed by atoms with Gasteiger partial charge in [0.1, 0.15) is 0 Å². The van der Waals surface area contributed by atoms with Crippen molar-refractivity contribution in [2.45, 2.75) is 34.1 Å². The van der Waals surface area contributed by atoms with Crippen molar-refractivity contribution in [3.05, 3.63) is 65.2 Å². The zero-order valence-corrected chi connectivity index (χ0v) is 13.2. The largest absolute Gasteiger partial charge is 0.326 e. The highest BCUT2D eigenvalue weighted by Gasteiger charge is 2.28. The number of benzene rings is 2. The van der Waals surface area contributed by atoms with Crippen LogP contribution in [0.2, 0.25) is 0 Å². The fourth-order valence-corrected chi connectivity index (χ4v) is 2.53. The van der Waals surface area contributed by atoms with Gasteiger partial charge in [0, 0.05) is 11.1 Å². The van der Waals surface area contributed by atoms with E-state index in [9.17, 15) is 4.79 Å². The zero-order valence-electron chi connectivity index (χ0n) is 13.2. The highest BCUT2D eigenvalue weighted by molar-refractivity contribution is 5.95. The number of carbonyl (C=O) groups is 1. The molecule has 0 spiro atoms. The topological polar surface area (TPSA) is 29.1 Å². The molecule has 0 aliphatic carbocycles. The van der Waals surface area contributed by atoms with E-state index < -0.39 is 5.41 Å². The summed E-state index contributed by atoms with van der Waals surface area (Å²) < 4.78 is 0. The molecule has 0 bridgehead atoms. The molecule has 21 heavy (non-hydrogen) atoms. The number of nitrogens with one attached hydrogen (secondary N) is 1. The lowest BCUT2D eigenvalue weighted by molar-refractivity contribution is -0.123. The van der Waals surface area contributed by atoms with Gasteiger partial charge >= 0.3 is 0 Å². The Morgan fingerprint density at radius 3 is 2.14 bits per heavy atom. The van der Waals surface area contributed by atoms with Crippen molar-refractivity contribution in [3.63, 3.8) is 0 Å².